The molecule has 1 aliphatic heterocycles. The van der Waals surface area contributed by atoms with Crippen molar-refractivity contribution in [1.82, 2.24) is 0 Å². The average Bonchev–Trinajstić information content (AvgIpc) is 3.32. The predicted molar refractivity (Wildman–Crippen MR) is 134 cm³/mol. The molecule has 188 valence electrons. The fraction of sp³-hybridized carbons (Fsp3) is 0.138. The van der Waals surface area contributed by atoms with Gasteiger partial charge in [-0.05, 0) is 76.9 Å². The van der Waals surface area contributed by atoms with Crippen molar-refractivity contribution in [3.63, 3.8) is 0 Å². The second kappa shape index (κ2) is 9.71. The number of nitrogens with zero attached hydrogens (tertiary/aromatic N) is 1. The van der Waals surface area contributed by atoms with E-state index < -0.39 is 30.2 Å². The number of para-hydroxylation sites is 1. The molecule has 1 heterocycles. The zero-order valence-electron chi connectivity index (χ0n) is 19.4. The molecule has 0 saturated heterocycles. The van der Waals surface area contributed by atoms with Crippen LogP contribution in [-0.2, 0) is 5.60 Å². The van der Waals surface area contributed by atoms with Crippen molar-refractivity contribution in [2.24, 2.45) is 4.99 Å². The van der Waals surface area contributed by atoms with Crippen LogP contribution in [-0.4, -0.2) is 24.1 Å². The zero-order valence-corrected chi connectivity index (χ0v) is 19.4. The molecule has 4 nitrogen and oxygen atoms in total. The lowest BCUT2D eigenvalue weighted by Crippen LogP contribution is -2.47. The predicted octanol–water partition coefficient (Wildman–Crippen LogP) is 6.92. The number of benzene rings is 4. The van der Waals surface area contributed by atoms with E-state index in [-0.39, 0.29) is 11.3 Å². The maximum atomic E-state index is 14.1. The Hall–Kier alpha value is -4.17. The summed E-state index contributed by atoms with van der Waals surface area (Å²) in [6.07, 6.45) is -3.54. The van der Waals surface area contributed by atoms with Crippen LogP contribution in [0.1, 0.15) is 28.3 Å². The molecule has 0 fully saturated rings. The van der Waals surface area contributed by atoms with E-state index in [9.17, 15) is 22.7 Å². The van der Waals surface area contributed by atoms with Crippen LogP contribution in [0.4, 0.5) is 28.9 Å². The Morgan fingerprint density at radius 3 is 2.19 bits per heavy atom. The number of alkyl halides is 3. The second-order valence-corrected chi connectivity index (χ2v) is 8.74. The number of halogens is 4. The number of fused-ring (bicyclic) bond motifs is 1. The van der Waals surface area contributed by atoms with E-state index in [4.69, 9.17) is 4.74 Å². The number of nitrogens with one attached hydrogen (secondary N) is 1. The van der Waals surface area contributed by atoms with Crippen molar-refractivity contribution in [2.45, 2.75) is 17.8 Å². The van der Waals surface area contributed by atoms with E-state index >= 15 is 0 Å². The molecule has 0 radical (unpaired) electrons. The summed E-state index contributed by atoms with van der Waals surface area (Å²) in [4.78, 5) is 4.37. The van der Waals surface area contributed by atoms with Gasteiger partial charge in [-0.3, -0.25) is 4.99 Å². The average molecular weight is 506 g/mol. The third-order valence-corrected chi connectivity index (χ3v) is 6.24. The third-order valence-electron chi connectivity index (χ3n) is 6.24. The SMILES string of the molecule is OC(COc1ccc(Nc2ccccc2)cc1)(c1ccc2c(c1)C=NC2c1ccc(F)cc1)C(F)(F)F. The normalized spacial score (nSPS) is 16.2. The summed E-state index contributed by atoms with van der Waals surface area (Å²) in [5.74, 6) is -0.209. The van der Waals surface area contributed by atoms with Gasteiger partial charge in [0.15, 0.2) is 0 Å². The fourth-order valence-electron chi connectivity index (χ4n) is 4.18. The van der Waals surface area contributed by atoms with Gasteiger partial charge in [0, 0.05) is 17.6 Å². The maximum absolute atomic E-state index is 14.1. The molecule has 5 rings (SSSR count). The highest BCUT2D eigenvalue weighted by atomic mass is 19.4. The summed E-state index contributed by atoms with van der Waals surface area (Å²) in [5, 5.41) is 14.0. The van der Waals surface area contributed by atoms with Gasteiger partial charge in [-0.25, -0.2) is 4.39 Å². The van der Waals surface area contributed by atoms with Crippen molar-refractivity contribution in [3.05, 3.63) is 125 Å². The third kappa shape index (κ3) is 5.06. The lowest BCUT2D eigenvalue weighted by atomic mass is 9.89. The lowest BCUT2D eigenvalue weighted by Gasteiger charge is -2.31. The van der Waals surface area contributed by atoms with E-state index in [0.717, 1.165) is 11.4 Å². The van der Waals surface area contributed by atoms with E-state index in [1.807, 2.05) is 30.3 Å². The van der Waals surface area contributed by atoms with Gasteiger partial charge >= 0.3 is 6.18 Å². The number of aliphatic hydroxyl groups is 1. The minimum atomic E-state index is -5.00. The molecule has 8 heteroatoms. The number of hydrogen-bond acceptors (Lipinski definition) is 4. The molecule has 2 unspecified atom stereocenters. The Kier molecular flexibility index (Phi) is 6.43. The number of hydrogen-bond donors (Lipinski definition) is 2. The number of anilines is 2. The smallest absolute Gasteiger partial charge is 0.424 e. The Balaban J connectivity index is 1.34. The van der Waals surface area contributed by atoms with Gasteiger partial charge in [0.25, 0.3) is 0 Å². The molecule has 0 spiro atoms. The summed E-state index contributed by atoms with van der Waals surface area (Å²) < 4.78 is 61.1. The largest absolute Gasteiger partial charge is 0.490 e. The molecular formula is C29H22F4N2O2. The number of ether oxygens (including phenoxy) is 1. The van der Waals surface area contributed by atoms with Crippen molar-refractivity contribution in [2.75, 3.05) is 11.9 Å². The van der Waals surface area contributed by atoms with Gasteiger partial charge < -0.3 is 15.2 Å². The highest BCUT2D eigenvalue weighted by Crippen LogP contribution is 2.42. The molecular weight excluding hydrogens is 484 g/mol. The maximum Gasteiger partial charge on any atom is 0.424 e. The summed E-state index contributed by atoms with van der Waals surface area (Å²) in [6.45, 7) is -1.03. The molecule has 37 heavy (non-hydrogen) atoms. The van der Waals surface area contributed by atoms with Crippen LogP contribution in [0, 0.1) is 5.82 Å². The van der Waals surface area contributed by atoms with Crippen LogP contribution < -0.4 is 10.1 Å². The lowest BCUT2D eigenvalue weighted by molar-refractivity contribution is -0.275. The first-order valence-electron chi connectivity index (χ1n) is 11.5. The van der Waals surface area contributed by atoms with Gasteiger partial charge in [-0.2, -0.15) is 13.2 Å². The Morgan fingerprint density at radius 2 is 1.51 bits per heavy atom. The molecule has 0 bridgehead atoms. The van der Waals surface area contributed by atoms with Crippen LogP contribution in [0.5, 0.6) is 5.75 Å². The molecule has 0 amide bonds. The highest BCUT2D eigenvalue weighted by molar-refractivity contribution is 5.86. The Labute approximate surface area is 210 Å². The van der Waals surface area contributed by atoms with E-state index in [1.54, 1.807) is 24.3 Å². The fourth-order valence-corrected chi connectivity index (χ4v) is 4.18. The minimum absolute atomic E-state index is 0.181. The van der Waals surface area contributed by atoms with E-state index in [2.05, 4.69) is 10.3 Å². The molecule has 1 aliphatic rings. The summed E-state index contributed by atoms with van der Waals surface area (Å²) in [6, 6.07) is 25.2. The quantitative estimate of drug-likeness (QED) is 0.268. The second-order valence-electron chi connectivity index (χ2n) is 8.74. The summed E-state index contributed by atoms with van der Waals surface area (Å²) >= 11 is 0. The minimum Gasteiger partial charge on any atom is -0.490 e. The van der Waals surface area contributed by atoms with E-state index in [1.165, 1.54) is 48.7 Å². The summed E-state index contributed by atoms with van der Waals surface area (Å²) in [7, 11) is 0. The first-order chi connectivity index (χ1) is 17.7. The van der Waals surface area contributed by atoms with Crippen molar-refractivity contribution in [3.8, 4) is 5.75 Å². The van der Waals surface area contributed by atoms with Gasteiger partial charge in [0.1, 0.15) is 24.2 Å². The monoisotopic (exact) mass is 506 g/mol. The van der Waals surface area contributed by atoms with Crippen LogP contribution in [0.15, 0.2) is 102 Å². The Bertz CT molecular complexity index is 1410. The first kappa shape index (κ1) is 24.5. The summed E-state index contributed by atoms with van der Waals surface area (Å²) in [5.41, 5.74) is -0.169. The molecule has 4 aromatic rings. The highest BCUT2D eigenvalue weighted by Gasteiger charge is 2.56. The van der Waals surface area contributed by atoms with Crippen LogP contribution in [0.25, 0.3) is 0 Å². The van der Waals surface area contributed by atoms with Crippen molar-refractivity contribution in [1.29, 1.82) is 0 Å². The Morgan fingerprint density at radius 1 is 0.838 bits per heavy atom. The van der Waals surface area contributed by atoms with Crippen LogP contribution >= 0.6 is 0 Å². The zero-order chi connectivity index (χ0) is 26.0. The topological polar surface area (TPSA) is 53.9 Å². The van der Waals surface area contributed by atoms with Gasteiger partial charge in [-0.15, -0.1) is 0 Å². The molecule has 2 atom stereocenters. The molecule has 0 aliphatic carbocycles. The van der Waals surface area contributed by atoms with Gasteiger partial charge in [-0.1, -0.05) is 42.5 Å². The standard InChI is InChI=1S/C29H22F4N2O2/c30-22-9-6-19(7-10-22)27-26-15-8-21(16-20(26)17-34-27)28(36,29(31,32)33)18-37-25-13-11-24(12-14-25)35-23-4-2-1-3-5-23/h1-17,27,35-36H,18H2. The molecule has 2 N–H and O–H groups in total. The molecule has 4 aromatic carbocycles. The molecule has 0 saturated carbocycles. The van der Waals surface area contributed by atoms with Gasteiger partial charge in [0.2, 0.25) is 5.60 Å². The van der Waals surface area contributed by atoms with E-state index in [0.29, 0.717) is 16.7 Å². The molecule has 0 aromatic heterocycles. The van der Waals surface area contributed by atoms with Crippen molar-refractivity contribution < 1.29 is 27.4 Å². The number of aliphatic imine (C=N–C) groups is 1. The first-order valence-corrected chi connectivity index (χ1v) is 11.5. The van der Waals surface area contributed by atoms with Crippen molar-refractivity contribution >= 4 is 17.6 Å². The van der Waals surface area contributed by atoms with Gasteiger partial charge in [0.05, 0.1) is 0 Å². The van der Waals surface area contributed by atoms with Crippen LogP contribution in [0.3, 0.4) is 0 Å². The van der Waals surface area contributed by atoms with Crippen LogP contribution in [0.2, 0.25) is 0 Å². The number of rotatable bonds is 7.